The number of aryl methyl sites for hydroxylation is 1. The van der Waals surface area contributed by atoms with E-state index in [0.717, 1.165) is 36.4 Å². The van der Waals surface area contributed by atoms with E-state index in [1.54, 1.807) is 17.0 Å². The lowest BCUT2D eigenvalue weighted by atomic mass is 9.86. The number of nitrogens with zero attached hydrogens (tertiary/aromatic N) is 6. The van der Waals surface area contributed by atoms with Crippen molar-refractivity contribution in [1.82, 2.24) is 9.80 Å². The smallest absolute Gasteiger partial charge is 0.255 e. The molecule has 1 atom stereocenters. The number of aliphatic imine (C=N–C) groups is 3. The fraction of sp³-hybridized carbons (Fsp3) is 0.400. The number of hydrogen-bond acceptors (Lipinski definition) is 9. The van der Waals surface area contributed by atoms with E-state index in [1.165, 1.54) is 25.3 Å². The number of halogens is 1. The van der Waals surface area contributed by atoms with E-state index < -0.39 is 11.6 Å². The van der Waals surface area contributed by atoms with Crippen LogP contribution >= 0.6 is 0 Å². The van der Waals surface area contributed by atoms with Gasteiger partial charge in [0.1, 0.15) is 23.4 Å². The molecule has 246 valence electrons. The first-order chi connectivity index (χ1) is 22.5. The number of likely N-dealkylation sites (tertiary alicyclic amines) is 2. The summed E-state index contributed by atoms with van der Waals surface area (Å²) in [7, 11) is 0. The number of nitrogens with one attached hydrogen (secondary N) is 2. The number of fused-ring (bicyclic) bond motifs is 1. The second-order valence-electron chi connectivity index (χ2n) is 12.9. The fourth-order valence-electron chi connectivity index (χ4n) is 6.50. The molecule has 4 heterocycles. The Balaban J connectivity index is 1.20. The lowest BCUT2D eigenvalue weighted by Crippen LogP contribution is -2.40. The summed E-state index contributed by atoms with van der Waals surface area (Å²) in [6, 6.07) is 11.0. The molecule has 12 heteroatoms. The van der Waals surface area contributed by atoms with Crippen LogP contribution in [0.4, 0.5) is 21.5 Å². The van der Waals surface area contributed by atoms with E-state index in [4.69, 9.17) is 5.73 Å². The Kier molecular flexibility index (Phi) is 8.96. The number of amides is 2. The number of rotatable bonds is 8. The Hall–Kier alpha value is -4.84. The van der Waals surface area contributed by atoms with E-state index in [9.17, 15) is 14.0 Å². The summed E-state index contributed by atoms with van der Waals surface area (Å²) in [5.41, 5.74) is 10.9. The molecule has 2 amide bonds. The normalized spacial score (nSPS) is 22.5. The van der Waals surface area contributed by atoms with Gasteiger partial charge in [-0.25, -0.2) is 14.4 Å². The summed E-state index contributed by atoms with van der Waals surface area (Å²) >= 11 is 0. The molecule has 6 rings (SSSR count). The maximum absolute atomic E-state index is 13.9. The van der Waals surface area contributed by atoms with Gasteiger partial charge in [-0.2, -0.15) is 0 Å². The van der Waals surface area contributed by atoms with Gasteiger partial charge in [0, 0.05) is 48.5 Å². The molecule has 0 spiro atoms. The fourth-order valence-corrected chi connectivity index (χ4v) is 6.50. The topological polar surface area (TPSA) is 131 Å². The van der Waals surface area contributed by atoms with Crippen LogP contribution < -0.4 is 21.3 Å². The van der Waals surface area contributed by atoms with E-state index >= 15 is 0 Å². The van der Waals surface area contributed by atoms with Gasteiger partial charge in [-0.1, -0.05) is 12.6 Å². The molecule has 4 N–H and O–H groups in total. The molecule has 4 aliphatic rings. The van der Waals surface area contributed by atoms with Gasteiger partial charge in [0.15, 0.2) is 0 Å². The molecule has 2 aromatic carbocycles. The Labute approximate surface area is 274 Å². The van der Waals surface area contributed by atoms with Crippen LogP contribution in [0.5, 0.6) is 0 Å². The third-order valence-corrected chi connectivity index (χ3v) is 9.26. The quantitative estimate of drug-likeness (QED) is 0.388. The van der Waals surface area contributed by atoms with Gasteiger partial charge in [0.25, 0.3) is 5.91 Å². The van der Waals surface area contributed by atoms with Crippen LogP contribution in [-0.4, -0.2) is 84.9 Å². The predicted molar refractivity (Wildman–Crippen MR) is 186 cm³/mol. The first-order valence-corrected chi connectivity index (χ1v) is 16.1. The molecular weight excluding hydrogens is 597 g/mol. The third-order valence-electron chi connectivity index (χ3n) is 9.26. The van der Waals surface area contributed by atoms with Crippen LogP contribution in [0, 0.1) is 6.92 Å². The number of anilines is 3. The summed E-state index contributed by atoms with van der Waals surface area (Å²) in [6.07, 6.45) is 4.82. The lowest BCUT2D eigenvalue weighted by Gasteiger charge is -2.23. The molecule has 0 radical (unpaired) electrons. The Morgan fingerprint density at radius 1 is 1.15 bits per heavy atom. The molecule has 0 aromatic heterocycles. The van der Waals surface area contributed by atoms with Crippen molar-refractivity contribution in [2.24, 2.45) is 20.7 Å². The average Bonchev–Trinajstić information content (AvgIpc) is 3.78. The molecule has 0 bridgehead atoms. The van der Waals surface area contributed by atoms with Crippen molar-refractivity contribution in [2.45, 2.75) is 51.6 Å². The van der Waals surface area contributed by atoms with E-state index in [1.807, 2.05) is 49.9 Å². The van der Waals surface area contributed by atoms with Gasteiger partial charge >= 0.3 is 0 Å². The number of allylic oxidation sites excluding steroid dienone is 1. The van der Waals surface area contributed by atoms with Crippen LogP contribution in [0.3, 0.4) is 0 Å². The monoisotopic (exact) mass is 639 g/mol. The molecule has 0 unspecified atom stereocenters. The number of hydrogen-bond donors (Lipinski definition) is 3. The van der Waals surface area contributed by atoms with Gasteiger partial charge in [0.2, 0.25) is 11.9 Å². The highest BCUT2D eigenvalue weighted by Gasteiger charge is 2.44. The highest BCUT2D eigenvalue weighted by molar-refractivity contribution is 6.41. The van der Waals surface area contributed by atoms with Crippen molar-refractivity contribution in [3.63, 3.8) is 0 Å². The minimum atomic E-state index is -0.930. The minimum Gasteiger partial charge on any atom is -0.383 e. The van der Waals surface area contributed by atoms with Gasteiger partial charge in [-0.05, 0) is 94.6 Å². The van der Waals surface area contributed by atoms with Gasteiger partial charge in [-0.15, -0.1) is 0 Å². The number of benzene rings is 2. The Morgan fingerprint density at radius 2 is 1.94 bits per heavy atom. The van der Waals surface area contributed by atoms with Crippen LogP contribution in [0.1, 0.15) is 54.6 Å². The first kappa shape index (κ1) is 32.1. The summed E-state index contributed by atoms with van der Waals surface area (Å²) < 4.78 is 13.9. The SMILES string of the molecule is C=C/N=C1/C=NC(N2CC[C@@H](F)C2)=N/C1=C(/N)Nc1cc(C(=O)Nc2ccc3c(c2)C(C)(C)C(=O)N3CCN2CCCC2)ccc1C. The van der Waals surface area contributed by atoms with Crippen LogP contribution in [0.25, 0.3) is 0 Å². The van der Waals surface area contributed by atoms with Crippen molar-refractivity contribution in [1.29, 1.82) is 0 Å². The Morgan fingerprint density at radius 3 is 2.66 bits per heavy atom. The maximum atomic E-state index is 13.9. The zero-order valence-electron chi connectivity index (χ0n) is 27.2. The molecule has 4 aliphatic heterocycles. The number of nitrogens with two attached hydrogens (primary N) is 1. The summed E-state index contributed by atoms with van der Waals surface area (Å²) in [5, 5.41) is 6.19. The molecule has 0 aliphatic carbocycles. The number of carbonyl (C=O) groups excluding carboxylic acids is 2. The van der Waals surface area contributed by atoms with E-state index in [-0.39, 0.29) is 24.2 Å². The molecule has 11 nitrogen and oxygen atoms in total. The minimum absolute atomic E-state index is 0.0742. The summed E-state index contributed by atoms with van der Waals surface area (Å²) in [5.74, 6) is 0.337. The Bertz CT molecular complexity index is 1720. The highest BCUT2D eigenvalue weighted by Crippen LogP contribution is 2.43. The molecule has 2 aromatic rings. The van der Waals surface area contributed by atoms with Gasteiger partial charge in [-0.3, -0.25) is 14.6 Å². The molecule has 2 saturated heterocycles. The largest absolute Gasteiger partial charge is 0.383 e. The van der Waals surface area contributed by atoms with Crippen LogP contribution in [0.15, 0.2) is 75.7 Å². The standard InChI is InChI=1S/C35H42FN9O2/c1-5-38-28-20-39-34(44-15-12-24(36)21-44)42-30(28)31(37)41-27-18-23(9-8-22(27)2)32(46)40-25-10-11-29-26(19-25)35(3,4)33(47)45(29)17-16-43-13-6-7-14-43/h5,8-11,18-20,24,41H,1,6-7,12-17,21,37H2,2-4H3,(H,40,46)/b31-30-,38-28-/t24-/m1/s1. The number of carbonyl (C=O) groups is 2. The highest BCUT2D eigenvalue weighted by atomic mass is 19.1. The molecule has 0 saturated carbocycles. The van der Waals surface area contributed by atoms with Gasteiger partial charge in [0.05, 0.1) is 18.2 Å². The van der Waals surface area contributed by atoms with Crippen LogP contribution in [0.2, 0.25) is 0 Å². The van der Waals surface area contributed by atoms with Crippen molar-refractivity contribution < 1.29 is 14.0 Å². The molecule has 2 fully saturated rings. The first-order valence-electron chi connectivity index (χ1n) is 16.1. The van der Waals surface area contributed by atoms with Crippen molar-refractivity contribution in [2.75, 3.05) is 54.8 Å². The zero-order chi connectivity index (χ0) is 33.3. The second-order valence-corrected chi connectivity index (χ2v) is 12.9. The van der Waals surface area contributed by atoms with Crippen molar-refractivity contribution >= 4 is 46.8 Å². The summed E-state index contributed by atoms with van der Waals surface area (Å²) in [6.45, 7) is 13.8. The third kappa shape index (κ3) is 6.55. The molecule has 47 heavy (non-hydrogen) atoms. The number of alkyl halides is 1. The second kappa shape index (κ2) is 13.1. The van der Waals surface area contributed by atoms with Crippen LogP contribution in [-0.2, 0) is 10.2 Å². The zero-order valence-corrected chi connectivity index (χ0v) is 27.2. The average molecular weight is 640 g/mol. The van der Waals surface area contributed by atoms with Gasteiger partial charge < -0.3 is 31.1 Å². The van der Waals surface area contributed by atoms with E-state index in [2.05, 4.69) is 37.1 Å². The maximum Gasteiger partial charge on any atom is 0.255 e. The van der Waals surface area contributed by atoms with Crippen molar-refractivity contribution in [3.8, 4) is 0 Å². The van der Waals surface area contributed by atoms with E-state index in [0.29, 0.717) is 53.8 Å². The number of guanidine groups is 1. The summed E-state index contributed by atoms with van der Waals surface area (Å²) in [4.78, 5) is 46.2. The predicted octanol–water partition coefficient (Wildman–Crippen LogP) is 4.58. The molecular formula is C35H42FN9O2. The van der Waals surface area contributed by atoms with Crippen molar-refractivity contribution in [3.05, 3.63) is 77.4 Å². The lowest BCUT2D eigenvalue weighted by molar-refractivity contribution is -0.122.